The molecule has 1 aliphatic rings. The summed E-state index contributed by atoms with van der Waals surface area (Å²) in [4.78, 5) is 11.7. The van der Waals surface area contributed by atoms with Gasteiger partial charge in [0.2, 0.25) is 0 Å². The molecule has 100 valence electrons. The number of methoxy groups -OCH3 is 1. The molecule has 0 aromatic heterocycles. The van der Waals surface area contributed by atoms with E-state index in [0.29, 0.717) is 0 Å². The van der Waals surface area contributed by atoms with Crippen molar-refractivity contribution >= 4 is 18.4 Å². The van der Waals surface area contributed by atoms with E-state index >= 15 is 0 Å². The Morgan fingerprint density at radius 1 is 1.39 bits per heavy atom. The van der Waals surface area contributed by atoms with Gasteiger partial charge in [0.25, 0.3) is 0 Å². The van der Waals surface area contributed by atoms with Crippen LogP contribution in [0.3, 0.4) is 0 Å². The lowest BCUT2D eigenvalue weighted by Crippen LogP contribution is -2.39. The fourth-order valence-corrected chi connectivity index (χ4v) is 2.35. The van der Waals surface area contributed by atoms with Gasteiger partial charge in [-0.3, -0.25) is 4.79 Å². The van der Waals surface area contributed by atoms with E-state index in [4.69, 9.17) is 4.74 Å². The molecular formula is C13H17ClFNO2. The first-order valence-electron chi connectivity index (χ1n) is 5.76. The quantitative estimate of drug-likeness (QED) is 0.839. The maximum absolute atomic E-state index is 12.9. The number of carbonyl (C=O) groups is 1. The van der Waals surface area contributed by atoms with Gasteiger partial charge in [-0.2, -0.15) is 0 Å². The highest BCUT2D eigenvalue weighted by molar-refractivity contribution is 5.85. The molecule has 1 aromatic rings. The molecule has 2 rings (SSSR count). The van der Waals surface area contributed by atoms with Crippen molar-refractivity contribution in [3.8, 4) is 0 Å². The molecule has 0 saturated carbocycles. The standard InChI is InChI=1S/C13H16FNO2.ClH/c1-17-13(16)11-6-7-15-8-12(11)9-2-4-10(14)5-3-9;/h2-5,11-12,15H,6-8H2,1H3;1H/t11-,12+;/m1./s1. The molecule has 1 heterocycles. The summed E-state index contributed by atoms with van der Waals surface area (Å²) in [7, 11) is 1.41. The summed E-state index contributed by atoms with van der Waals surface area (Å²) >= 11 is 0. The number of piperidine rings is 1. The smallest absolute Gasteiger partial charge is 0.309 e. The van der Waals surface area contributed by atoms with Crippen LogP contribution < -0.4 is 5.32 Å². The second kappa shape index (κ2) is 6.71. The maximum atomic E-state index is 12.9. The van der Waals surface area contributed by atoms with Crippen molar-refractivity contribution in [3.63, 3.8) is 0 Å². The van der Waals surface area contributed by atoms with Crippen LogP contribution in [-0.4, -0.2) is 26.2 Å². The highest BCUT2D eigenvalue weighted by Gasteiger charge is 2.32. The number of nitrogens with one attached hydrogen (secondary N) is 1. The molecule has 1 aliphatic heterocycles. The second-order valence-electron chi connectivity index (χ2n) is 4.28. The molecule has 0 spiro atoms. The number of ether oxygens (including phenoxy) is 1. The Morgan fingerprint density at radius 3 is 2.67 bits per heavy atom. The second-order valence-corrected chi connectivity index (χ2v) is 4.28. The predicted molar refractivity (Wildman–Crippen MR) is 69.4 cm³/mol. The minimum absolute atomic E-state index is 0. The van der Waals surface area contributed by atoms with Crippen molar-refractivity contribution in [2.24, 2.45) is 5.92 Å². The third-order valence-corrected chi connectivity index (χ3v) is 3.28. The molecule has 5 heteroatoms. The van der Waals surface area contributed by atoms with Crippen LogP contribution in [-0.2, 0) is 9.53 Å². The summed E-state index contributed by atoms with van der Waals surface area (Å²) in [5.41, 5.74) is 0.981. The van der Waals surface area contributed by atoms with Gasteiger partial charge in [0.05, 0.1) is 13.0 Å². The molecule has 1 N–H and O–H groups in total. The van der Waals surface area contributed by atoms with Crippen LogP contribution in [0.5, 0.6) is 0 Å². The van der Waals surface area contributed by atoms with E-state index < -0.39 is 0 Å². The Bertz CT molecular complexity index is 396. The van der Waals surface area contributed by atoms with E-state index in [1.54, 1.807) is 12.1 Å². The topological polar surface area (TPSA) is 38.3 Å². The lowest BCUT2D eigenvalue weighted by atomic mass is 9.81. The van der Waals surface area contributed by atoms with Gasteiger partial charge in [-0.15, -0.1) is 12.4 Å². The van der Waals surface area contributed by atoms with Crippen molar-refractivity contribution in [1.82, 2.24) is 5.32 Å². The summed E-state index contributed by atoms with van der Waals surface area (Å²) in [5.74, 6) is -0.503. The molecular weight excluding hydrogens is 257 g/mol. The van der Waals surface area contributed by atoms with Crippen molar-refractivity contribution < 1.29 is 13.9 Å². The first-order valence-corrected chi connectivity index (χ1v) is 5.76. The molecule has 2 atom stereocenters. The maximum Gasteiger partial charge on any atom is 0.309 e. The summed E-state index contributed by atoms with van der Waals surface area (Å²) in [6, 6.07) is 6.34. The molecule has 0 amide bonds. The number of carbonyl (C=O) groups excluding carboxylic acids is 1. The van der Waals surface area contributed by atoms with Gasteiger partial charge in [-0.25, -0.2) is 4.39 Å². The first-order chi connectivity index (χ1) is 8.22. The van der Waals surface area contributed by atoms with Crippen LogP contribution in [0.25, 0.3) is 0 Å². The summed E-state index contributed by atoms with van der Waals surface area (Å²) < 4.78 is 17.7. The molecule has 1 fully saturated rings. The van der Waals surface area contributed by atoms with Crippen LogP contribution >= 0.6 is 12.4 Å². The lowest BCUT2D eigenvalue weighted by Gasteiger charge is -2.30. The highest BCUT2D eigenvalue weighted by atomic mass is 35.5. The predicted octanol–water partition coefficient (Wildman–Crippen LogP) is 2.11. The fraction of sp³-hybridized carbons (Fsp3) is 0.462. The number of benzene rings is 1. The first kappa shape index (κ1) is 14.9. The molecule has 1 aromatic carbocycles. The third kappa shape index (κ3) is 3.21. The van der Waals surface area contributed by atoms with Gasteiger partial charge in [0.15, 0.2) is 0 Å². The zero-order chi connectivity index (χ0) is 12.3. The summed E-state index contributed by atoms with van der Waals surface area (Å²) in [6.07, 6.45) is 0.759. The van der Waals surface area contributed by atoms with E-state index in [1.807, 2.05) is 0 Å². The number of hydrogen-bond acceptors (Lipinski definition) is 3. The average molecular weight is 274 g/mol. The summed E-state index contributed by atoms with van der Waals surface area (Å²) in [6.45, 7) is 1.54. The van der Waals surface area contributed by atoms with Crippen molar-refractivity contribution in [2.75, 3.05) is 20.2 Å². The van der Waals surface area contributed by atoms with E-state index in [1.165, 1.54) is 19.2 Å². The van der Waals surface area contributed by atoms with Crippen LogP contribution in [0.4, 0.5) is 4.39 Å². The van der Waals surface area contributed by atoms with Crippen LogP contribution in [0.15, 0.2) is 24.3 Å². The van der Waals surface area contributed by atoms with E-state index in [0.717, 1.165) is 25.1 Å². The Hall–Kier alpha value is -1.13. The Kier molecular flexibility index (Phi) is 5.56. The van der Waals surface area contributed by atoms with E-state index in [9.17, 15) is 9.18 Å². The van der Waals surface area contributed by atoms with Gasteiger partial charge in [0.1, 0.15) is 5.82 Å². The number of hydrogen-bond donors (Lipinski definition) is 1. The Morgan fingerprint density at radius 2 is 2.06 bits per heavy atom. The van der Waals surface area contributed by atoms with E-state index in [-0.39, 0.29) is 36.0 Å². The van der Waals surface area contributed by atoms with Crippen LogP contribution in [0.1, 0.15) is 17.9 Å². The van der Waals surface area contributed by atoms with Crippen molar-refractivity contribution in [1.29, 1.82) is 0 Å². The molecule has 0 unspecified atom stereocenters. The molecule has 1 saturated heterocycles. The van der Waals surface area contributed by atoms with Gasteiger partial charge in [0, 0.05) is 12.5 Å². The highest BCUT2D eigenvalue weighted by Crippen LogP contribution is 2.30. The third-order valence-electron chi connectivity index (χ3n) is 3.28. The lowest BCUT2D eigenvalue weighted by molar-refractivity contribution is -0.147. The minimum atomic E-state index is -0.257. The SMILES string of the molecule is COC(=O)[C@@H]1CCNC[C@H]1c1ccc(F)cc1.Cl. The summed E-state index contributed by atoms with van der Waals surface area (Å²) in [5, 5.41) is 3.26. The average Bonchev–Trinajstić information content (AvgIpc) is 2.39. The largest absolute Gasteiger partial charge is 0.469 e. The zero-order valence-electron chi connectivity index (χ0n) is 10.2. The van der Waals surface area contributed by atoms with Crippen LogP contribution in [0, 0.1) is 11.7 Å². The molecule has 0 radical (unpaired) electrons. The fourth-order valence-electron chi connectivity index (χ4n) is 2.35. The number of rotatable bonds is 2. The number of halogens is 2. The van der Waals surface area contributed by atoms with Gasteiger partial charge < -0.3 is 10.1 Å². The van der Waals surface area contributed by atoms with Gasteiger partial charge in [-0.1, -0.05) is 12.1 Å². The van der Waals surface area contributed by atoms with Crippen molar-refractivity contribution in [3.05, 3.63) is 35.6 Å². The molecule has 3 nitrogen and oxygen atoms in total. The van der Waals surface area contributed by atoms with Crippen molar-refractivity contribution in [2.45, 2.75) is 12.3 Å². The molecule has 18 heavy (non-hydrogen) atoms. The van der Waals surface area contributed by atoms with Crippen LogP contribution in [0.2, 0.25) is 0 Å². The normalized spacial score (nSPS) is 23.0. The van der Waals surface area contributed by atoms with E-state index in [2.05, 4.69) is 5.32 Å². The Balaban J connectivity index is 0.00000162. The van der Waals surface area contributed by atoms with Gasteiger partial charge >= 0.3 is 5.97 Å². The molecule has 0 aliphatic carbocycles. The minimum Gasteiger partial charge on any atom is -0.469 e. The monoisotopic (exact) mass is 273 g/mol. The number of esters is 1. The Labute approximate surface area is 112 Å². The zero-order valence-corrected chi connectivity index (χ0v) is 11.0. The van der Waals surface area contributed by atoms with Gasteiger partial charge in [-0.05, 0) is 30.7 Å². The molecule has 0 bridgehead atoms.